The van der Waals surface area contributed by atoms with Gasteiger partial charge in [0.05, 0.1) is 5.30 Å². The Morgan fingerprint density at radius 3 is 2.22 bits per heavy atom. The third-order valence-corrected chi connectivity index (χ3v) is 3.86. The molecule has 1 aromatic carbocycles. The number of nitrogens with one attached hydrogen (secondary N) is 1. The van der Waals surface area contributed by atoms with Crippen molar-refractivity contribution in [2.75, 3.05) is 5.32 Å². The number of hydrogen-bond acceptors (Lipinski definition) is 3. The van der Waals surface area contributed by atoms with Gasteiger partial charge >= 0.3 is 13.6 Å². The third-order valence-electron chi connectivity index (χ3n) is 2.89. The van der Waals surface area contributed by atoms with E-state index in [1.165, 1.54) is 24.3 Å². The summed E-state index contributed by atoms with van der Waals surface area (Å²) in [6.07, 6.45) is 1.79. The molecule has 1 aliphatic rings. The monoisotopic (exact) mass is 271 g/mol. The van der Waals surface area contributed by atoms with E-state index in [9.17, 15) is 9.36 Å². The Labute approximate surface area is 104 Å². The average molecular weight is 271 g/mol. The van der Waals surface area contributed by atoms with Crippen LogP contribution in [0.25, 0.3) is 0 Å². The Bertz CT molecular complexity index is 491. The second kappa shape index (κ2) is 4.72. The molecule has 98 valence electrons. The number of rotatable bonds is 5. The number of carbonyl (C=O) groups is 1. The van der Waals surface area contributed by atoms with E-state index in [4.69, 9.17) is 14.9 Å². The minimum atomic E-state index is -4.24. The zero-order valence-corrected chi connectivity index (χ0v) is 10.4. The highest BCUT2D eigenvalue weighted by Crippen LogP contribution is 2.35. The van der Waals surface area contributed by atoms with E-state index < -0.39 is 19.6 Å². The second-order valence-corrected chi connectivity index (χ2v) is 5.99. The SMILES string of the molecule is O=C(O)[C@H](Nc1ccc(P(=O)(O)O)cc1)C1CC1. The van der Waals surface area contributed by atoms with Crippen LogP contribution < -0.4 is 10.6 Å². The standard InChI is InChI=1S/C11H14NO5P/c13-11(14)10(7-1-2-7)12-8-3-5-9(6-4-8)18(15,16)17/h3-7,10,12H,1-2H2,(H,13,14)(H2,15,16,17)/t10-/m1/s1. The lowest BCUT2D eigenvalue weighted by Crippen LogP contribution is -2.31. The first kappa shape index (κ1) is 13.1. The summed E-state index contributed by atoms with van der Waals surface area (Å²) in [5.74, 6) is -0.763. The van der Waals surface area contributed by atoms with E-state index in [-0.39, 0.29) is 11.2 Å². The van der Waals surface area contributed by atoms with Crippen LogP contribution >= 0.6 is 7.60 Å². The summed E-state index contributed by atoms with van der Waals surface area (Å²) in [4.78, 5) is 28.9. The number of carboxylic acids is 1. The van der Waals surface area contributed by atoms with Crippen molar-refractivity contribution in [3.63, 3.8) is 0 Å². The van der Waals surface area contributed by atoms with Crippen molar-refractivity contribution in [3.05, 3.63) is 24.3 Å². The molecule has 0 bridgehead atoms. The summed E-state index contributed by atoms with van der Waals surface area (Å²) >= 11 is 0. The van der Waals surface area contributed by atoms with Gasteiger partial charge < -0.3 is 20.2 Å². The van der Waals surface area contributed by atoms with E-state index in [0.29, 0.717) is 5.69 Å². The van der Waals surface area contributed by atoms with Crippen LogP contribution in [0.5, 0.6) is 0 Å². The van der Waals surface area contributed by atoms with Crippen molar-refractivity contribution >= 4 is 24.6 Å². The molecule has 2 rings (SSSR count). The molecule has 0 spiro atoms. The maximum atomic E-state index is 11.0. The molecule has 0 amide bonds. The van der Waals surface area contributed by atoms with Crippen molar-refractivity contribution in [2.24, 2.45) is 5.92 Å². The Hall–Kier alpha value is -1.36. The van der Waals surface area contributed by atoms with Gasteiger partial charge in [-0.15, -0.1) is 0 Å². The van der Waals surface area contributed by atoms with Gasteiger partial charge in [0, 0.05) is 5.69 Å². The molecule has 18 heavy (non-hydrogen) atoms. The van der Waals surface area contributed by atoms with Gasteiger partial charge in [0.25, 0.3) is 0 Å². The highest BCUT2D eigenvalue weighted by Gasteiger charge is 2.36. The molecule has 1 atom stereocenters. The number of carboxylic acid groups (broad SMARTS) is 1. The number of anilines is 1. The van der Waals surface area contributed by atoms with Crippen LogP contribution in [0.15, 0.2) is 24.3 Å². The fraction of sp³-hybridized carbons (Fsp3) is 0.364. The van der Waals surface area contributed by atoms with Crippen LogP contribution in [0.3, 0.4) is 0 Å². The van der Waals surface area contributed by atoms with Gasteiger partial charge in [-0.2, -0.15) is 0 Å². The van der Waals surface area contributed by atoms with Gasteiger partial charge in [-0.25, -0.2) is 4.79 Å². The summed E-state index contributed by atoms with van der Waals surface area (Å²) in [5, 5.41) is 11.8. The van der Waals surface area contributed by atoms with Crippen LogP contribution in [0.1, 0.15) is 12.8 Å². The normalized spacial score (nSPS) is 17.2. The first-order valence-electron chi connectivity index (χ1n) is 5.53. The van der Waals surface area contributed by atoms with Gasteiger partial charge in [0.2, 0.25) is 0 Å². The molecule has 0 saturated heterocycles. The third kappa shape index (κ3) is 3.10. The van der Waals surface area contributed by atoms with Gasteiger partial charge in [-0.05, 0) is 43.0 Å². The van der Waals surface area contributed by atoms with Crippen molar-refractivity contribution in [1.82, 2.24) is 0 Å². The van der Waals surface area contributed by atoms with Crippen LogP contribution in [-0.2, 0) is 9.36 Å². The van der Waals surface area contributed by atoms with E-state index in [0.717, 1.165) is 12.8 Å². The Kier molecular flexibility index (Phi) is 3.43. The maximum Gasteiger partial charge on any atom is 0.356 e. The Morgan fingerprint density at radius 1 is 1.28 bits per heavy atom. The molecular formula is C11H14NO5P. The number of benzene rings is 1. The molecule has 1 fully saturated rings. The molecule has 0 radical (unpaired) electrons. The zero-order chi connectivity index (χ0) is 13.3. The van der Waals surface area contributed by atoms with Crippen LogP contribution in [0.4, 0.5) is 5.69 Å². The van der Waals surface area contributed by atoms with Crippen LogP contribution in [-0.4, -0.2) is 26.9 Å². The van der Waals surface area contributed by atoms with E-state index in [1.807, 2.05) is 0 Å². The predicted octanol–water partition coefficient (Wildman–Crippen LogP) is 0.765. The van der Waals surface area contributed by atoms with Gasteiger partial charge in [0.1, 0.15) is 6.04 Å². The first-order valence-corrected chi connectivity index (χ1v) is 7.14. The fourth-order valence-electron chi connectivity index (χ4n) is 1.74. The van der Waals surface area contributed by atoms with Crippen LogP contribution in [0, 0.1) is 5.92 Å². The topological polar surface area (TPSA) is 107 Å². The summed E-state index contributed by atoms with van der Waals surface area (Å²) in [6, 6.07) is 4.93. The molecule has 0 aromatic heterocycles. The molecular weight excluding hydrogens is 257 g/mol. The Balaban J connectivity index is 2.10. The molecule has 4 N–H and O–H groups in total. The molecule has 1 aliphatic carbocycles. The molecule has 0 aliphatic heterocycles. The van der Waals surface area contributed by atoms with Crippen LogP contribution in [0.2, 0.25) is 0 Å². The lowest BCUT2D eigenvalue weighted by Gasteiger charge is -2.15. The van der Waals surface area contributed by atoms with Gasteiger partial charge in [-0.1, -0.05) is 0 Å². The zero-order valence-electron chi connectivity index (χ0n) is 9.48. The van der Waals surface area contributed by atoms with Crippen molar-refractivity contribution in [3.8, 4) is 0 Å². The average Bonchev–Trinajstić information content (AvgIpc) is 3.08. The molecule has 1 saturated carbocycles. The van der Waals surface area contributed by atoms with E-state index >= 15 is 0 Å². The molecule has 0 unspecified atom stereocenters. The highest BCUT2D eigenvalue weighted by molar-refractivity contribution is 7.60. The summed E-state index contributed by atoms with van der Waals surface area (Å²) in [5.41, 5.74) is 0.548. The molecule has 6 nitrogen and oxygen atoms in total. The highest BCUT2D eigenvalue weighted by atomic mass is 31.2. The maximum absolute atomic E-state index is 11.0. The van der Waals surface area contributed by atoms with Crippen molar-refractivity contribution in [1.29, 1.82) is 0 Å². The van der Waals surface area contributed by atoms with E-state index in [2.05, 4.69) is 5.32 Å². The number of hydrogen-bond donors (Lipinski definition) is 4. The lowest BCUT2D eigenvalue weighted by atomic mass is 10.1. The lowest BCUT2D eigenvalue weighted by molar-refractivity contribution is -0.138. The fourth-order valence-corrected chi connectivity index (χ4v) is 2.28. The van der Waals surface area contributed by atoms with E-state index in [1.54, 1.807) is 0 Å². The Morgan fingerprint density at radius 2 is 1.83 bits per heavy atom. The molecule has 1 aromatic rings. The van der Waals surface area contributed by atoms with Crippen molar-refractivity contribution in [2.45, 2.75) is 18.9 Å². The molecule has 0 heterocycles. The minimum absolute atomic E-state index is 0.0775. The molecule has 7 heteroatoms. The summed E-state index contributed by atoms with van der Waals surface area (Å²) < 4.78 is 11.0. The smallest absolute Gasteiger partial charge is 0.356 e. The summed E-state index contributed by atoms with van der Waals surface area (Å²) in [7, 11) is -4.24. The second-order valence-electron chi connectivity index (χ2n) is 4.39. The largest absolute Gasteiger partial charge is 0.480 e. The minimum Gasteiger partial charge on any atom is -0.480 e. The van der Waals surface area contributed by atoms with Gasteiger partial charge in [-0.3, -0.25) is 4.57 Å². The quantitative estimate of drug-likeness (QED) is 0.589. The first-order chi connectivity index (χ1) is 8.38. The van der Waals surface area contributed by atoms with Crippen molar-refractivity contribution < 1.29 is 24.3 Å². The van der Waals surface area contributed by atoms with Gasteiger partial charge in [0.15, 0.2) is 0 Å². The summed E-state index contributed by atoms with van der Waals surface area (Å²) in [6.45, 7) is 0. The predicted molar refractivity (Wildman–Crippen MR) is 65.9 cm³/mol. The number of aliphatic carboxylic acids is 1.